The Morgan fingerprint density at radius 2 is 2.00 bits per heavy atom. The van der Waals surface area contributed by atoms with Crippen molar-refractivity contribution < 1.29 is 19.3 Å². The number of nitrogens with one attached hydrogen (secondary N) is 1. The van der Waals surface area contributed by atoms with Crippen LogP contribution in [0.5, 0.6) is 0 Å². The lowest BCUT2D eigenvalue weighted by molar-refractivity contribution is -0.384. The monoisotopic (exact) mass is 463 g/mol. The van der Waals surface area contributed by atoms with Gasteiger partial charge in [0.25, 0.3) is 5.69 Å². The van der Waals surface area contributed by atoms with Crippen LogP contribution in [0.25, 0.3) is 0 Å². The van der Waals surface area contributed by atoms with Gasteiger partial charge in [0.2, 0.25) is 0 Å². The van der Waals surface area contributed by atoms with Crippen molar-refractivity contribution in [3.8, 4) is 0 Å². The zero-order valence-electron chi connectivity index (χ0n) is 16.4. The van der Waals surface area contributed by atoms with Crippen molar-refractivity contribution in [3.63, 3.8) is 0 Å². The molecule has 2 amide bonds. The van der Waals surface area contributed by atoms with Crippen LogP contribution in [0.4, 0.5) is 20.6 Å². The highest BCUT2D eigenvalue weighted by molar-refractivity contribution is 8.24. The number of benzene rings is 2. The first-order valence-electron chi connectivity index (χ1n) is 8.94. The molecule has 1 heterocycles. The normalized spacial score (nSPS) is 17.7. The molecule has 0 bridgehead atoms. The van der Waals surface area contributed by atoms with Gasteiger partial charge in [0.15, 0.2) is 10.5 Å². The molecule has 1 fully saturated rings. The summed E-state index contributed by atoms with van der Waals surface area (Å²) >= 11 is 6.57. The molecule has 2 aromatic rings. The van der Waals surface area contributed by atoms with E-state index in [0.29, 0.717) is 9.38 Å². The number of hydrazone groups is 1. The third-order valence-electron chi connectivity index (χ3n) is 4.39. The van der Waals surface area contributed by atoms with Gasteiger partial charge in [0.1, 0.15) is 5.82 Å². The van der Waals surface area contributed by atoms with Gasteiger partial charge in [-0.15, -0.1) is 0 Å². The fourth-order valence-corrected chi connectivity index (χ4v) is 4.68. The van der Waals surface area contributed by atoms with Crippen molar-refractivity contribution in [1.29, 1.82) is 0 Å². The van der Waals surface area contributed by atoms with E-state index in [2.05, 4.69) is 10.4 Å². The van der Waals surface area contributed by atoms with E-state index < -0.39 is 27.7 Å². The highest BCUT2D eigenvalue weighted by Crippen LogP contribution is 2.42. The number of thiocarbonyl (C=S) groups is 1. The van der Waals surface area contributed by atoms with Gasteiger partial charge < -0.3 is 5.32 Å². The van der Waals surface area contributed by atoms with Crippen LogP contribution in [0.15, 0.2) is 53.6 Å². The second-order valence-corrected chi connectivity index (χ2v) is 9.32. The molecule has 9 nitrogen and oxygen atoms in total. The van der Waals surface area contributed by atoms with E-state index in [4.69, 9.17) is 12.2 Å². The number of nitro benzene ring substituents is 1. The number of carbonyl (C=O) groups excluding carboxylic acids is 1. The van der Waals surface area contributed by atoms with Gasteiger partial charge in [-0.3, -0.25) is 15.3 Å². The number of halogens is 1. The fraction of sp³-hybridized carbons (Fsp3) is 0.211. The van der Waals surface area contributed by atoms with Gasteiger partial charge in [-0.25, -0.2) is 14.2 Å². The van der Waals surface area contributed by atoms with E-state index in [9.17, 15) is 24.5 Å². The maximum atomic E-state index is 13.9. The number of urea groups is 1. The number of hydrogen-bond acceptors (Lipinski definition) is 7. The number of amides is 2. The summed E-state index contributed by atoms with van der Waals surface area (Å²) in [5.41, 5.74) is 0.340. The molecule has 1 unspecified atom stereocenters. The molecule has 1 aliphatic rings. The van der Waals surface area contributed by atoms with Crippen molar-refractivity contribution in [1.82, 2.24) is 10.1 Å². The molecule has 0 radical (unpaired) electrons. The molecule has 2 aromatic carbocycles. The minimum atomic E-state index is -0.994. The number of nitro groups is 1. The van der Waals surface area contributed by atoms with E-state index >= 15 is 0 Å². The number of carbonyl (C=O) groups is 1. The summed E-state index contributed by atoms with van der Waals surface area (Å²) in [6, 6.07) is 10.3. The molecule has 1 atom stereocenters. The van der Waals surface area contributed by atoms with Gasteiger partial charge in [-0.1, -0.05) is 42.2 Å². The lowest BCUT2D eigenvalue weighted by Crippen LogP contribution is -2.54. The predicted octanol–water partition coefficient (Wildman–Crippen LogP) is 4.43. The highest BCUT2D eigenvalue weighted by Gasteiger charge is 2.50. The van der Waals surface area contributed by atoms with Crippen LogP contribution >= 0.6 is 24.0 Å². The molecule has 1 saturated heterocycles. The molecule has 12 heteroatoms. The van der Waals surface area contributed by atoms with Crippen LogP contribution in [-0.4, -0.2) is 47.7 Å². The van der Waals surface area contributed by atoms with Crippen LogP contribution in [0.2, 0.25) is 0 Å². The SMILES string of the molecule is CC1(C)SC(=S)N(/N=C/c2ccccc2F)C1N(O)C(=O)Nc1ccc([N+](=O)[O-])cc1. The third-order valence-corrected chi connectivity index (χ3v) is 5.92. The van der Waals surface area contributed by atoms with Crippen molar-refractivity contribution in [2.75, 3.05) is 5.32 Å². The fourth-order valence-electron chi connectivity index (χ4n) is 2.89. The number of hydrogen-bond donors (Lipinski definition) is 2. The Kier molecular flexibility index (Phi) is 6.53. The second-order valence-electron chi connectivity index (χ2n) is 7.03. The minimum absolute atomic E-state index is 0.133. The number of nitrogens with zero attached hydrogens (tertiary/aromatic N) is 4. The molecule has 0 saturated carbocycles. The standard InChI is InChI=1S/C19H18FN5O4S2/c1-19(2)16(23(18(30)31-19)21-11-12-5-3-4-6-15(12)20)24(27)17(26)22-13-7-9-14(10-8-13)25(28)29/h3-11,16,27H,1-2H3,(H,22,26)/b21-11+. The average Bonchev–Trinajstić information content (AvgIpc) is 2.94. The smallest absolute Gasteiger partial charge is 0.306 e. The Balaban J connectivity index is 1.80. The van der Waals surface area contributed by atoms with Crippen LogP contribution in [0.3, 0.4) is 0 Å². The number of thioether (sulfide) groups is 1. The third kappa shape index (κ3) is 4.98. The zero-order valence-corrected chi connectivity index (χ0v) is 18.1. The Bertz CT molecular complexity index is 1050. The van der Waals surface area contributed by atoms with E-state index in [1.807, 2.05) is 0 Å². The topological polar surface area (TPSA) is 111 Å². The van der Waals surface area contributed by atoms with E-state index in [1.54, 1.807) is 26.0 Å². The van der Waals surface area contributed by atoms with Gasteiger partial charge in [0, 0.05) is 23.4 Å². The van der Waals surface area contributed by atoms with Crippen molar-refractivity contribution in [2.45, 2.75) is 24.8 Å². The number of non-ortho nitro benzene ring substituents is 1. The van der Waals surface area contributed by atoms with Gasteiger partial charge >= 0.3 is 6.03 Å². The summed E-state index contributed by atoms with van der Waals surface area (Å²) < 4.78 is 13.5. The Morgan fingerprint density at radius 3 is 2.61 bits per heavy atom. The molecule has 2 N–H and O–H groups in total. The minimum Gasteiger partial charge on any atom is -0.306 e. The maximum Gasteiger partial charge on any atom is 0.347 e. The summed E-state index contributed by atoms with van der Waals surface area (Å²) in [5.74, 6) is -0.475. The molecule has 0 aliphatic carbocycles. The number of rotatable bonds is 5. The lowest BCUT2D eigenvalue weighted by Gasteiger charge is -2.34. The Labute approximate surface area is 186 Å². The van der Waals surface area contributed by atoms with Crippen molar-refractivity contribution in [2.24, 2.45) is 5.10 Å². The average molecular weight is 464 g/mol. The highest BCUT2D eigenvalue weighted by atomic mass is 32.2. The van der Waals surface area contributed by atoms with Crippen LogP contribution < -0.4 is 5.32 Å². The summed E-state index contributed by atoms with van der Waals surface area (Å²) in [4.78, 5) is 22.8. The number of hydroxylamine groups is 2. The quantitative estimate of drug-likeness (QED) is 0.222. The first-order valence-corrected chi connectivity index (χ1v) is 10.2. The molecular formula is C19H18FN5O4S2. The summed E-state index contributed by atoms with van der Waals surface area (Å²) in [5, 5.41) is 29.8. The van der Waals surface area contributed by atoms with Crippen LogP contribution in [0, 0.1) is 15.9 Å². The Morgan fingerprint density at radius 1 is 1.35 bits per heavy atom. The predicted molar refractivity (Wildman–Crippen MR) is 120 cm³/mol. The molecule has 162 valence electrons. The molecule has 3 rings (SSSR count). The molecule has 31 heavy (non-hydrogen) atoms. The molecular weight excluding hydrogens is 445 g/mol. The van der Waals surface area contributed by atoms with Gasteiger partial charge in [-0.05, 0) is 32.0 Å². The van der Waals surface area contributed by atoms with E-state index in [0.717, 1.165) is 0 Å². The Hall–Kier alpha value is -3.09. The lowest BCUT2D eigenvalue weighted by atomic mass is 10.1. The van der Waals surface area contributed by atoms with Crippen molar-refractivity contribution in [3.05, 3.63) is 70.0 Å². The first kappa shape index (κ1) is 22.6. The first-order chi connectivity index (χ1) is 14.6. The van der Waals surface area contributed by atoms with Gasteiger partial charge in [-0.2, -0.15) is 10.2 Å². The van der Waals surface area contributed by atoms with Gasteiger partial charge in [0.05, 0.1) is 15.9 Å². The van der Waals surface area contributed by atoms with Crippen LogP contribution in [-0.2, 0) is 0 Å². The number of anilines is 1. The summed E-state index contributed by atoms with van der Waals surface area (Å²) in [6.45, 7) is 3.55. The molecule has 0 aromatic heterocycles. The summed E-state index contributed by atoms with van der Waals surface area (Å²) in [7, 11) is 0. The maximum absolute atomic E-state index is 13.9. The largest absolute Gasteiger partial charge is 0.347 e. The molecule has 1 aliphatic heterocycles. The molecule has 0 spiro atoms. The van der Waals surface area contributed by atoms with E-state index in [-0.39, 0.29) is 16.9 Å². The summed E-state index contributed by atoms with van der Waals surface area (Å²) in [6.07, 6.45) is 0.268. The second kappa shape index (κ2) is 8.96. The zero-order chi connectivity index (χ0) is 22.8. The van der Waals surface area contributed by atoms with Crippen LogP contribution in [0.1, 0.15) is 19.4 Å². The van der Waals surface area contributed by atoms with E-state index in [1.165, 1.54) is 59.4 Å². The van der Waals surface area contributed by atoms with Crippen molar-refractivity contribution >= 4 is 51.9 Å².